The van der Waals surface area contributed by atoms with Gasteiger partial charge in [-0.1, -0.05) is 13.8 Å². The van der Waals surface area contributed by atoms with Crippen LogP contribution in [-0.2, 0) is 4.79 Å². The number of hydrogen-bond acceptors (Lipinski definition) is 6. The molecule has 2 atom stereocenters. The summed E-state index contributed by atoms with van der Waals surface area (Å²) in [6.07, 6.45) is 4.78. The molecule has 154 valence electrons. The first-order valence-corrected chi connectivity index (χ1v) is 9.95. The maximum absolute atomic E-state index is 12.4. The third-order valence-electron chi connectivity index (χ3n) is 5.54. The van der Waals surface area contributed by atoms with Crippen molar-refractivity contribution in [3.8, 4) is 6.07 Å². The van der Waals surface area contributed by atoms with Gasteiger partial charge in [0.15, 0.2) is 5.65 Å². The maximum atomic E-state index is 12.4. The number of nitriles is 1. The van der Waals surface area contributed by atoms with E-state index in [0.717, 1.165) is 24.0 Å². The second-order valence-corrected chi connectivity index (χ2v) is 7.47. The summed E-state index contributed by atoms with van der Waals surface area (Å²) >= 11 is 0. The Morgan fingerprint density at radius 3 is 2.93 bits per heavy atom. The summed E-state index contributed by atoms with van der Waals surface area (Å²) in [5.41, 5.74) is 0.552. The van der Waals surface area contributed by atoms with Crippen LogP contribution in [0.4, 0.5) is 10.6 Å². The van der Waals surface area contributed by atoms with E-state index >= 15 is 0 Å². The highest BCUT2D eigenvalue weighted by Crippen LogP contribution is 2.29. The van der Waals surface area contributed by atoms with Crippen LogP contribution >= 0.6 is 0 Å². The average Bonchev–Trinajstić information content (AvgIpc) is 3.16. The van der Waals surface area contributed by atoms with Crippen molar-refractivity contribution in [1.29, 1.82) is 5.26 Å². The first-order chi connectivity index (χ1) is 14.0. The SMILES string of the molecule is CCCNC(=O)n1ccc2c(N(C)[C@H]3CN(C(=O)CC#N)CC[C@H]3C)ncnc21. The van der Waals surface area contributed by atoms with Crippen molar-refractivity contribution in [2.75, 3.05) is 31.6 Å². The lowest BCUT2D eigenvalue weighted by Gasteiger charge is -2.42. The van der Waals surface area contributed by atoms with E-state index in [0.29, 0.717) is 31.2 Å². The first-order valence-electron chi connectivity index (χ1n) is 9.95. The molecule has 1 saturated heterocycles. The van der Waals surface area contributed by atoms with Gasteiger partial charge < -0.3 is 15.1 Å². The molecule has 0 bridgehead atoms. The fourth-order valence-corrected chi connectivity index (χ4v) is 3.82. The van der Waals surface area contributed by atoms with Gasteiger partial charge in [0.25, 0.3) is 0 Å². The molecule has 1 fully saturated rings. The maximum Gasteiger partial charge on any atom is 0.327 e. The van der Waals surface area contributed by atoms with Gasteiger partial charge in [0.05, 0.1) is 17.5 Å². The summed E-state index contributed by atoms with van der Waals surface area (Å²) in [6.45, 7) is 5.97. The van der Waals surface area contributed by atoms with Gasteiger partial charge in [-0.2, -0.15) is 5.26 Å². The quantitative estimate of drug-likeness (QED) is 0.827. The summed E-state index contributed by atoms with van der Waals surface area (Å²) in [7, 11) is 1.95. The molecule has 1 N–H and O–H groups in total. The van der Waals surface area contributed by atoms with Crippen LogP contribution in [0, 0.1) is 17.2 Å². The van der Waals surface area contributed by atoms with Gasteiger partial charge in [-0.25, -0.2) is 14.8 Å². The van der Waals surface area contributed by atoms with Crippen LogP contribution in [0.15, 0.2) is 18.6 Å². The third-order valence-corrected chi connectivity index (χ3v) is 5.54. The molecule has 3 heterocycles. The summed E-state index contributed by atoms with van der Waals surface area (Å²) < 4.78 is 1.50. The van der Waals surface area contributed by atoms with Gasteiger partial charge in [0.1, 0.15) is 18.6 Å². The van der Waals surface area contributed by atoms with E-state index in [1.54, 1.807) is 11.1 Å². The molecular formula is C20H27N7O2. The Morgan fingerprint density at radius 1 is 1.41 bits per heavy atom. The van der Waals surface area contributed by atoms with Crippen LogP contribution in [-0.4, -0.2) is 64.1 Å². The van der Waals surface area contributed by atoms with Crippen LogP contribution in [0.2, 0.25) is 0 Å². The Kier molecular flexibility index (Phi) is 6.32. The van der Waals surface area contributed by atoms with Crippen LogP contribution < -0.4 is 10.2 Å². The molecule has 2 amide bonds. The molecule has 1 aliphatic heterocycles. The number of rotatable bonds is 5. The lowest BCUT2D eigenvalue weighted by Crippen LogP contribution is -2.52. The molecule has 3 rings (SSSR count). The topological polar surface area (TPSA) is 107 Å². The van der Waals surface area contributed by atoms with Crippen molar-refractivity contribution < 1.29 is 9.59 Å². The van der Waals surface area contributed by atoms with E-state index in [4.69, 9.17) is 5.26 Å². The highest BCUT2D eigenvalue weighted by molar-refractivity contribution is 5.94. The number of fused-ring (bicyclic) bond motifs is 1. The molecule has 9 heteroatoms. The Bertz CT molecular complexity index is 933. The highest BCUT2D eigenvalue weighted by atomic mass is 16.2. The van der Waals surface area contributed by atoms with E-state index in [9.17, 15) is 9.59 Å². The van der Waals surface area contributed by atoms with Crippen LogP contribution in [0.25, 0.3) is 11.0 Å². The predicted molar refractivity (Wildman–Crippen MR) is 109 cm³/mol. The largest absolute Gasteiger partial charge is 0.354 e. The van der Waals surface area contributed by atoms with Gasteiger partial charge in [0, 0.05) is 32.9 Å². The number of likely N-dealkylation sites (tertiary alicyclic amines) is 1. The number of carbonyl (C=O) groups is 2. The number of carbonyl (C=O) groups excluding carboxylic acids is 2. The molecule has 2 aromatic rings. The van der Waals surface area contributed by atoms with Gasteiger partial charge in [-0.15, -0.1) is 0 Å². The number of likely N-dealkylation sites (N-methyl/N-ethyl adjacent to an activating group) is 1. The molecule has 1 aliphatic rings. The van der Waals surface area contributed by atoms with E-state index in [1.807, 2.05) is 26.1 Å². The van der Waals surface area contributed by atoms with Crippen molar-refractivity contribution in [2.24, 2.45) is 5.92 Å². The number of hydrogen-bond donors (Lipinski definition) is 1. The second-order valence-electron chi connectivity index (χ2n) is 7.47. The Balaban J connectivity index is 1.87. The fraction of sp³-hybridized carbons (Fsp3) is 0.550. The second kappa shape index (κ2) is 8.90. The molecule has 0 spiro atoms. The van der Waals surface area contributed by atoms with Crippen molar-refractivity contribution in [3.63, 3.8) is 0 Å². The summed E-state index contributed by atoms with van der Waals surface area (Å²) in [5.74, 6) is 0.943. The van der Waals surface area contributed by atoms with Crippen LogP contribution in [0.5, 0.6) is 0 Å². The molecule has 0 saturated carbocycles. The van der Waals surface area contributed by atoms with Gasteiger partial charge in [-0.05, 0) is 24.8 Å². The number of aromatic nitrogens is 3. The molecule has 29 heavy (non-hydrogen) atoms. The number of anilines is 1. The van der Waals surface area contributed by atoms with Crippen molar-refractivity contribution in [2.45, 2.75) is 39.2 Å². The smallest absolute Gasteiger partial charge is 0.327 e. The molecule has 0 unspecified atom stereocenters. The summed E-state index contributed by atoms with van der Waals surface area (Å²) in [6, 6.07) is 3.63. The third kappa shape index (κ3) is 4.16. The zero-order valence-electron chi connectivity index (χ0n) is 17.1. The lowest BCUT2D eigenvalue weighted by atomic mass is 9.92. The summed E-state index contributed by atoms with van der Waals surface area (Å²) in [5, 5.41) is 12.5. The van der Waals surface area contributed by atoms with E-state index in [-0.39, 0.29) is 24.4 Å². The zero-order valence-corrected chi connectivity index (χ0v) is 17.1. The summed E-state index contributed by atoms with van der Waals surface area (Å²) in [4.78, 5) is 37.2. The number of nitrogens with zero attached hydrogens (tertiary/aromatic N) is 6. The van der Waals surface area contributed by atoms with E-state index < -0.39 is 0 Å². The standard InChI is InChI=1S/C20H27N7O2/c1-4-9-22-20(29)27-11-7-15-18(23-13-24-19(15)27)25(3)16-12-26(10-6-14(16)2)17(28)5-8-21/h7,11,13-14,16H,4-6,9-10,12H2,1-3H3,(H,22,29)/t14-,16+/m1/s1. The Labute approximate surface area is 170 Å². The van der Waals surface area contributed by atoms with Crippen LogP contribution in [0.1, 0.15) is 33.1 Å². The molecular weight excluding hydrogens is 370 g/mol. The molecule has 0 aromatic carbocycles. The van der Waals surface area contributed by atoms with Gasteiger partial charge in [0.2, 0.25) is 5.91 Å². The minimum Gasteiger partial charge on any atom is -0.354 e. The monoisotopic (exact) mass is 397 g/mol. The average molecular weight is 397 g/mol. The van der Waals surface area contributed by atoms with Crippen molar-refractivity contribution in [3.05, 3.63) is 18.6 Å². The van der Waals surface area contributed by atoms with E-state index in [2.05, 4.69) is 27.1 Å². The minimum absolute atomic E-state index is 0.0572. The van der Waals surface area contributed by atoms with Gasteiger partial charge in [-0.3, -0.25) is 9.36 Å². The fourth-order valence-electron chi connectivity index (χ4n) is 3.82. The lowest BCUT2D eigenvalue weighted by molar-refractivity contribution is -0.131. The Morgan fingerprint density at radius 2 is 2.21 bits per heavy atom. The van der Waals surface area contributed by atoms with Crippen LogP contribution in [0.3, 0.4) is 0 Å². The molecule has 2 aromatic heterocycles. The first kappa shape index (κ1) is 20.6. The normalized spacial score (nSPS) is 19.0. The molecule has 9 nitrogen and oxygen atoms in total. The number of nitrogens with one attached hydrogen (secondary N) is 1. The minimum atomic E-state index is -0.214. The van der Waals surface area contributed by atoms with Crippen molar-refractivity contribution >= 4 is 28.8 Å². The van der Waals surface area contributed by atoms with Gasteiger partial charge >= 0.3 is 6.03 Å². The number of piperidine rings is 1. The highest BCUT2D eigenvalue weighted by Gasteiger charge is 2.32. The predicted octanol–water partition coefficient (Wildman–Crippen LogP) is 1.99. The molecule has 0 aliphatic carbocycles. The Hall–Kier alpha value is -3.15. The number of amides is 2. The zero-order chi connectivity index (χ0) is 21.0. The van der Waals surface area contributed by atoms with Crippen molar-refractivity contribution in [1.82, 2.24) is 24.8 Å². The van der Waals surface area contributed by atoms with E-state index in [1.165, 1.54) is 10.9 Å². The molecule has 0 radical (unpaired) electrons.